The van der Waals surface area contributed by atoms with Gasteiger partial charge in [-0.05, 0) is 50.7 Å². The predicted octanol–water partition coefficient (Wildman–Crippen LogP) is 3.25. The van der Waals surface area contributed by atoms with Crippen LogP contribution in [0.25, 0.3) is 0 Å². The molecule has 2 aliphatic rings. The highest BCUT2D eigenvalue weighted by Crippen LogP contribution is 2.42. The summed E-state index contributed by atoms with van der Waals surface area (Å²) >= 11 is 0. The first-order valence-electron chi connectivity index (χ1n) is 7.71. The minimum absolute atomic E-state index is 0.0259. The molecule has 1 spiro atoms. The summed E-state index contributed by atoms with van der Waals surface area (Å²) in [7, 11) is 0. The van der Waals surface area contributed by atoms with Crippen molar-refractivity contribution in [2.45, 2.75) is 39.5 Å². The van der Waals surface area contributed by atoms with Crippen LogP contribution < -0.4 is 10.2 Å². The van der Waals surface area contributed by atoms with Crippen LogP contribution in [0.2, 0.25) is 0 Å². The number of imide groups is 1. The number of aryl methyl sites for hydroxylation is 1. The predicted molar refractivity (Wildman–Crippen MR) is 82.1 cm³/mol. The van der Waals surface area contributed by atoms with Gasteiger partial charge in [0.1, 0.15) is 0 Å². The summed E-state index contributed by atoms with van der Waals surface area (Å²) in [6.07, 6.45) is 3.86. The maximum atomic E-state index is 13.0. The largest absolute Gasteiger partial charge is 0.336 e. The lowest BCUT2D eigenvalue weighted by Gasteiger charge is -2.44. The number of amides is 3. The summed E-state index contributed by atoms with van der Waals surface area (Å²) in [5.41, 5.74) is 1.39. The summed E-state index contributed by atoms with van der Waals surface area (Å²) < 4.78 is 0. The maximum absolute atomic E-state index is 13.0. The minimum Gasteiger partial charge on any atom is -0.336 e. The van der Waals surface area contributed by atoms with Crippen molar-refractivity contribution in [3.05, 3.63) is 29.8 Å². The maximum Gasteiger partial charge on any atom is 0.328 e. The van der Waals surface area contributed by atoms with Crippen molar-refractivity contribution in [1.29, 1.82) is 0 Å². The van der Waals surface area contributed by atoms with Gasteiger partial charge in [-0.3, -0.25) is 4.79 Å². The summed E-state index contributed by atoms with van der Waals surface area (Å²) in [5.74, 6) is 0.649. The molecule has 3 rings (SSSR count). The smallest absolute Gasteiger partial charge is 0.328 e. The highest BCUT2D eigenvalue weighted by atomic mass is 16.2. The van der Waals surface area contributed by atoms with Gasteiger partial charge < -0.3 is 5.32 Å². The van der Waals surface area contributed by atoms with E-state index in [1.54, 1.807) is 0 Å². The summed E-state index contributed by atoms with van der Waals surface area (Å²) in [6.45, 7) is 4.71. The van der Waals surface area contributed by atoms with Gasteiger partial charge in [0.2, 0.25) is 5.91 Å². The van der Waals surface area contributed by atoms with Gasteiger partial charge in [0.15, 0.2) is 0 Å². The van der Waals surface area contributed by atoms with Gasteiger partial charge in [0.05, 0.1) is 11.1 Å². The molecule has 1 aliphatic carbocycles. The monoisotopic (exact) mass is 286 g/mol. The van der Waals surface area contributed by atoms with Crippen LogP contribution in [0.3, 0.4) is 0 Å². The minimum atomic E-state index is -0.398. The molecule has 3 amide bonds. The van der Waals surface area contributed by atoms with Gasteiger partial charge in [-0.2, -0.15) is 0 Å². The fraction of sp³-hybridized carbons (Fsp3) is 0.529. The molecule has 0 radical (unpaired) electrons. The Bertz CT molecular complexity index is 557. The molecule has 1 saturated heterocycles. The Morgan fingerprint density at radius 2 is 1.76 bits per heavy atom. The van der Waals surface area contributed by atoms with E-state index < -0.39 is 5.41 Å². The molecule has 21 heavy (non-hydrogen) atoms. The zero-order valence-electron chi connectivity index (χ0n) is 12.7. The van der Waals surface area contributed by atoms with E-state index in [4.69, 9.17) is 0 Å². The van der Waals surface area contributed by atoms with Gasteiger partial charge in [-0.15, -0.1) is 0 Å². The molecule has 2 fully saturated rings. The molecule has 1 aromatic carbocycles. The number of anilines is 1. The number of carbonyl (C=O) groups is 2. The van der Waals surface area contributed by atoms with Crippen molar-refractivity contribution in [2.24, 2.45) is 11.3 Å². The lowest BCUT2D eigenvalue weighted by Crippen LogP contribution is -2.61. The third-order valence-corrected chi connectivity index (χ3v) is 4.96. The van der Waals surface area contributed by atoms with Crippen LogP contribution in [0.4, 0.5) is 10.5 Å². The Morgan fingerprint density at radius 1 is 1.14 bits per heavy atom. The number of benzene rings is 1. The molecular formula is C17H22N2O2. The molecule has 1 saturated carbocycles. The fourth-order valence-corrected chi connectivity index (χ4v) is 3.36. The molecule has 0 aromatic heterocycles. The van der Waals surface area contributed by atoms with Crippen molar-refractivity contribution >= 4 is 17.6 Å². The van der Waals surface area contributed by atoms with E-state index in [0.717, 1.165) is 31.2 Å². The van der Waals surface area contributed by atoms with Crippen molar-refractivity contribution in [1.82, 2.24) is 5.32 Å². The number of urea groups is 1. The Labute approximate surface area is 125 Å². The van der Waals surface area contributed by atoms with Crippen LogP contribution in [0.1, 0.15) is 38.2 Å². The molecule has 4 heteroatoms. The molecule has 1 aliphatic heterocycles. The summed E-state index contributed by atoms with van der Waals surface area (Å²) in [6, 6.07) is 7.25. The zero-order chi connectivity index (χ0) is 15.0. The first-order valence-corrected chi connectivity index (χ1v) is 7.71. The van der Waals surface area contributed by atoms with E-state index in [1.165, 1.54) is 4.90 Å². The summed E-state index contributed by atoms with van der Waals surface area (Å²) in [5, 5.41) is 2.92. The molecular weight excluding hydrogens is 264 g/mol. The van der Waals surface area contributed by atoms with E-state index >= 15 is 0 Å². The van der Waals surface area contributed by atoms with Crippen LogP contribution in [0.15, 0.2) is 24.3 Å². The Hall–Kier alpha value is -1.84. The van der Waals surface area contributed by atoms with Crippen molar-refractivity contribution in [2.75, 3.05) is 11.4 Å². The van der Waals surface area contributed by atoms with Gasteiger partial charge in [-0.1, -0.05) is 24.6 Å². The molecule has 1 heterocycles. The molecule has 112 valence electrons. The van der Waals surface area contributed by atoms with E-state index in [2.05, 4.69) is 12.2 Å². The zero-order valence-corrected chi connectivity index (χ0v) is 12.7. The van der Waals surface area contributed by atoms with Gasteiger partial charge in [0, 0.05) is 6.54 Å². The van der Waals surface area contributed by atoms with Crippen LogP contribution >= 0.6 is 0 Å². The molecule has 0 unspecified atom stereocenters. The molecule has 1 N–H and O–H groups in total. The van der Waals surface area contributed by atoms with E-state index in [0.29, 0.717) is 18.2 Å². The SMILES string of the molecule is Cc1ccc(N2C(=O)NCC3(CCC(C)CC3)C2=O)cc1. The highest BCUT2D eigenvalue weighted by Gasteiger charge is 2.48. The first kappa shape index (κ1) is 14.1. The Balaban J connectivity index is 1.90. The fourth-order valence-electron chi connectivity index (χ4n) is 3.36. The molecule has 0 atom stereocenters. The quantitative estimate of drug-likeness (QED) is 0.861. The number of nitrogens with zero attached hydrogens (tertiary/aromatic N) is 1. The number of rotatable bonds is 1. The van der Waals surface area contributed by atoms with Crippen molar-refractivity contribution in [3.63, 3.8) is 0 Å². The highest BCUT2D eigenvalue weighted by molar-refractivity contribution is 6.18. The van der Waals surface area contributed by atoms with E-state index in [1.807, 2.05) is 31.2 Å². The number of nitrogens with one attached hydrogen (secondary N) is 1. The van der Waals surface area contributed by atoms with Gasteiger partial charge in [0.25, 0.3) is 0 Å². The second-order valence-corrected chi connectivity index (χ2v) is 6.60. The van der Waals surface area contributed by atoms with Gasteiger partial charge >= 0.3 is 6.03 Å². The number of hydrogen-bond acceptors (Lipinski definition) is 2. The van der Waals surface area contributed by atoms with Crippen LogP contribution in [0.5, 0.6) is 0 Å². The second kappa shape index (κ2) is 5.17. The van der Waals surface area contributed by atoms with Crippen LogP contribution in [-0.2, 0) is 4.79 Å². The third kappa shape index (κ3) is 2.43. The van der Waals surface area contributed by atoms with Crippen LogP contribution in [0, 0.1) is 18.3 Å². The van der Waals surface area contributed by atoms with Crippen molar-refractivity contribution < 1.29 is 9.59 Å². The van der Waals surface area contributed by atoms with Gasteiger partial charge in [-0.25, -0.2) is 9.69 Å². The number of carbonyl (C=O) groups excluding carboxylic acids is 2. The lowest BCUT2D eigenvalue weighted by molar-refractivity contribution is -0.130. The number of hydrogen-bond donors (Lipinski definition) is 1. The third-order valence-electron chi connectivity index (χ3n) is 4.96. The van der Waals surface area contributed by atoms with E-state index in [9.17, 15) is 9.59 Å². The molecule has 1 aromatic rings. The van der Waals surface area contributed by atoms with E-state index in [-0.39, 0.29) is 11.9 Å². The lowest BCUT2D eigenvalue weighted by atomic mass is 9.69. The average Bonchev–Trinajstić information content (AvgIpc) is 2.48. The Morgan fingerprint density at radius 3 is 2.38 bits per heavy atom. The topological polar surface area (TPSA) is 49.4 Å². The molecule has 0 bridgehead atoms. The second-order valence-electron chi connectivity index (χ2n) is 6.60. The first-order chi connectivity index (χ1) is 10.0. The summed E-state index contributed by atoms with van der Waals surface area (Å²) in [4.78, 5) is 26.5. The average molecular weight is 286 g/mol. The normalized spacial score (nSPS) is 29.6. The standard InChI is InChI=1S/C17H22N2O2/c1-12-3-5-14(6-4-12)19-15(20)17(11-18-16(19)21)9-7-13(2)8-10-17/h3-6,13H,7-11H2,1-2H3,(H,18,21). The molecule has 4 nitrogen and oxygen atoms in total. The Kier molecular flexibility index (Phi) is 3.47. The van der Waals surface area contributed by atoms with Crippen LogP contribution in [-0.4, -0.2) is 18.5 Å². The van der Waals surface area contributed by atoms with Crippen molar-refractivity contribution in [3.8, 4) is 0 Å².